The summed E-state index contributed by atoms with van der Waals surface area (Å²) in [7, 11) is 0. The van der Waals surface area contributed by atoms with Crippen LogP contribution in [0.25, 0.3) is 0 Å². The summed E-state index contributed by atoms with van der Waals surface area (Å²) in [4.78, 5) is 10.9. The highest BCUT2D eigenvalue weighted by Crippen LogP contribution is 2.08. The van der Waals surface area contributed by atoms with Crippen LogP contribution in [0.15, 0.2) is 24.3 Å². The van der Waals surface area contributed by atoms with Gasteiger partial charge in [0, 0.05) is 13.1 Å². The molecule has 0 aliphatic carbocycles. The van der Waals surface area contributed by atoms with E-state index >= 15 is 0 Å². The summed E-state index contributed by atoms with van der Waals surface area (Å²) in [5.74, 6) is -0.972. The molecule has 5 nitrogen and oxygen atoms in total. The Balaban J connectivity index is 2.56. The summed E-state index contributed by atoms with van der Waals surface area (Å²) in [5.41, 5.74) is 0.897. The Labute approximate surface area is 93.4 Å². The van der Waals surface area contributed by atoms with Gasteiger partial charge in [-0.05, 0) is 11.6 Å². The molecule has 4 N–H and O–H groups in total. The number of aliphatic hydroxyl groups is 2. The number of rotatable bonds is 6. The highest BCUT2D eigenvalue weighted by atomic mass is 16.4. The molecule has 1 aromatic rings. The molecule has 0 spiro atoms. The zero-order valence-electron chi connectivity index (χ0n) is 8.76. The van der Waals surface area contributed by atoms with Crippen molar-refractivity contribution in [2.75, 3.05) is 13.2 Å². The molecule has 0 amide bonds. The predicted molar refractivity (Wildman–Crippen MR) is 58.2 cm³/mol. The largest absolute Gasteiger partial charge is 0.478 e. The van der Waals surface area contributed by atoms with Crippen LogP contribution < -0.4 is 5.32 Å². The zero-order chi connectivity index (χ0) is 12.0. The summed E-state index contributed by atoms with van der Waals surface area (Å²) in [5, 5.41) is 29.5. The van der Waals surface area contributed by atoms with Crippen LogP contribution in [-0.4, -0.2) is 40.5 Å². The standard InChI is InChI=1S/C11H15NO4/c13-7-9(14)6-12-5-8-3-1-2-4-10(8)11(15)16/h1-4,9,12-14H,5-7H2,(H,15,16)/t9-/m1/s1. The van der Waals surface area contributed by atoms with Crippen molar-refractivity contribution in [3.63, 3.8) is 0 Å². The van der Waals surface area contributed by atoms with Gasteiger partial charge in [0.25, 0.3) is 0 Å². The fraction of sp³-hybridized carbons (Fsp3) is 0.364. The van der Waals surface area contributed by atoms with Gasteiger partial charge in [0.2, 0.25) is 0 Å². The average molecular weight is 225 g/mol. The molecule has 0 saturated carbocycles. The highest BCUT2D eigenvalue weighted by molar-refractivity contribution is 5.89. The van der Waals surface area contributed by atoms with E-state index in [4.69, 9.17) is 15.3 Å². The fourth-order valence-electron chi connectivity index (χ4n) is 1.32. The lowest BCUT2D eigenvalue weighted by atomic mass is 10.1. The number of aromatic carboxylic acids is 1. The number of carboxylic acids is 1. The Morgan fingerprint density at radius 2 is 2.06 bits per heavy atom. The van der Waals surface area contributed by atoms with Crippen LogP contribution in [0, 0.1) is 0 Å². The van der Waals surface area contributed by atoms with Gasteiger partial charge in [0.1, 0.15) is 0 Å². The Hall–Kier alpha value is -1.43. The quantitative estimate of drug-likeness (QED) is 0.539. The molecule has 1 aromatic carbocycles. The summed E-state index contributed by atoms with van der Waals surface area (Å²) >= 11 is 0. The lowest BCUT2D eigenvalue weighted by Gasteiger charge is -2.10. The number of hydrogen-bond acceptors (Lipinski definition) is 4. The Morgan fingerprint density at radius 3 is 2.69 bits per heavy atom. The van der Waals surface area contributed by atoms with Crippen LogP contribution in [0.3, 0.4) is 0 Å². The fourth-order valence-corrected chi connectivity index (χ4v) is 1.32. The number of carboxylic acid groups (broad SMARTS) is 1. The Bertz CT molecular complexity index is 354. The summed E-state index contributed by atoms with van der Waals surface area (Å²) < 4.78 is 0. The molecule has 16 heavy (non-hydrogen) atoms. The van der Waals surface area contributed by atoms with Gasteiger partial charge in [0.15, 0.2) is 0 Å². The molecule has 0 heterocycles. The van der Waals surface area contributed by atoms with E-state index in [1.165, 1.54) is 6.07 Å². The summed E-state index contributed by atoms with van der Waals surface area (Å²) in [6.45, 7) is 0.261. The summed E-state index contributed by atoms with van der Waals surface area (Å²) in [6, 6.07) is 6.66. The molecular weight excluding hydrogens is 210 g/mol. The van der Waals surface area contributed by atoms with Crippen molar-refractivity contribution in [1.82, 2.24) is 5.32 Å². The Kier molecular flexibility index (Phi) is 4.91. The van der Waals surface area contributed by atoms with Crippen molar-refractivity contribution < 1.29 is 20.1 Å². The van der Waals surface area contributed by atoms with Crippen molar-refractivity contribution in [3.8, 4) is 0 Å². The predicted octanol–water partition coefficient (Wildman–Crippen LogP) is -0.172. The van der Waals surface area contributed by atoms with Gasteiger partial charge in [-0.15, -0.1) is 0 Å². The monoisotopic (exact) mass is 225 g/mol. The minimum Gasteiger partial charge on any atom is -0.478 e. The van der Waals surface area contributed by atoms with Crippen LogP contribution in [0.1, 0.15) is 15.9 Å². The Morgan fingerprint density at radius 1 is 1.38 bits per heavy atom. The first-order valence-electron chi connectivity index (χ1n) is 4.96. The lowest BCUT2D eigenvalue weighted by Crippen LogP contribution is -2.29. The molecule has 0 radical (unpaired) electrons. The van der Waals surface area contributed by atoms with Gasteiger partial charge in [-0.1, -0.05) is 18.2 Å². The number of nitrogens with one attached hydrogen (secondary N) is 1. The minimum absolute atomic E-state index is 0.227. The third-order valence-corrected chi connectivity index (χ3v) is 2.15. The van der Waals surface area contributed by atoms with Crippen LogP contribution in [0.5, 0.6) is 0 Å². The molecule has 0 saturated heterocycles. The van der Waals surface area contributed by atoms with E-state index in [2.05, 4.69) is 5.32 Å². The van der Waals surface area contributed by atoms with Crippen molar-refractivity contribution in [1.29, 1.82) is 0 Å². The second kappa shape index (κ2) is 6.22. The van der Waals surface area contributed by atoms with E-state index in [0.29, 0.717) is 12.1 Å². The second-order valence-electron chi connectivity index (χ2n) is 3.43. The van der Waals surface area contributed by atoms with E-state index in [1.807, 2.05) is 0 Å². The number of benzene rings is 1. The van der Waals surface area contributed by atoms with Crippen LogP contribution in [-0.2, 0) is 6.54 Å². The van der Waals surface area contributed by atoms with E-state index in [1.54, 1.807) is 18.2 Å². The van der Waals surface area contributed by atoms with Crippen LogP contribution in [0.4, 0.5) is 0 Å². The van der Waals surface area contributed by atoms with Gasteiger partial charge >= 0.3 is 5.97 Å². The average Bonchev–Trinajstić information content (AvgIpc) is 2.29. The molecule has 88 valence electrons. The second-order valence-corrected chi connectivity index (χ2v) is 3.43. The normalized spacial score (nSPS) is 12.4. The number of carbonyl (C=O) groups is 1. The van der Waals surface area contributed by atoms with Gasteiger partial charge in [-0.3, -0.25) is 0 Å². The minimum atomic E-state index is -0.972. The third-order valence-electron chi connectivity index (χ3n) is 2.15. The zero-order valence-corrected chi connectivity index (χ0v) is 8.76. The SMILES string of the molecule is O=C(O)c1ccccc1CNC[C@@H](O)CO. The molecule has 5 heteroatoms. The first-order chi connectivity index (χ1) is 7.65. The molecule has 1 rings (SSSR count). The maximum atomic E-state index is 10.9. The van der Waals surface area contributed by atoms with E-state index in [9.17, 15) is 4.79 Å². The molecule has 1 atom stereocenters. The van der Waals surface area contributed by atoms with Crippen molar-refractivity contribution >= 4 is 5.97 Å². The van der Waals surface area contributed by atoms with Crippen LogP contribution >= 0.6 is 0 Å². The smallest absolute Gasteiger partial charge is 0.336 e. The topological polar surface area (TPSA) is 89.8 Å². The summed E-state index contributed by atoms with van der Waals surface area (Å²) in [6.07, 6.45) is -0.822. The van der Waals surface area contributed by atoms with Gasteiger partial charge in [-0.25, -0.2) is 4.79 Å². The van der Waals surface area contributed by atoms with Gasteiger partial charge in [0.05, 0.1) is 18.3 Å². The molecular formula is C11H15NO4. The molecule has 0 aliphatic heterocycles. The maximum absolute atomic E-state index is 10.9. The van der Waals surface area contributed by atoms with E-state index < -0.39 is 12.1 Å². The van der Waals surface area contributed by atoms with Crippen molar-refractivity contribution in [2.24, 2.45) is 0 Å². The third kappa shape index (κ3) is 3.62. The van der Waals surface area contributed by atoms with E-state index in [0.717, 1.165) is 0 Å². The first-order valence-corrected chi connectivity index (χ1v) is 4.96. The lowest BCUT2D eigenvalue weighted by molar-refractivity contribution is 0.0695. The van der Waals surface area contributed by atoms with Crippen molar-refractivity contribution in [3.05, 3.63) is 35.4 Å². The molecule has 0 bridgehead atoms. The molecule has 0 unspecified atom stereocenters. The highest BCUT2D eigenvalue weighted by Gasteiger charge is 2.08. The first kappa shape index (κ1) is 12.6. The van der Waals surface area contributed by atoms with E-state index in [-0.39, 0.29) is 18.7 Å². The molecule has 0 aromatic heterocycles. The number of aliphatic hydroxyl groups excluding tert-OH is 2. The van der Waals surface area contributed by atoms with Gasteiger partial charge in [-0.2, -0.15) is 0 Å². The van der Waals surface area contributed by atoms with Crippen molar-refractivity contribution in [2.45, 2.75) is 12.6 Å². The van der Waals surface area contributed by atoms with Crippen LogP contribution in [0.2, 0.25) is 0 Å². The maximum Gasteiger partial charge on any atom is 0.336 e. The molecule has 0 fully saturated rings. The molecule has 0 aliphatic rings. The number of hydrogen-bond donors (Lipinski definition) is 4. The van der Waals surface area contributed by atoms with Gasteiger partial charge < -0.3 is 20.6 Å².